The van der Waals surface area contributed by atoms with E-state index in [2.05, 4.69) is 41.3 Å². The number of pyridine rings is 1. The lowest BCUT2D eigenvalue weighted by Crippen LogP contribution is -2.41. The zero-order valence-corrected chi connectivity index (χ0v) is 19.9. The fourth-order valence-electron chi connectivity index (χ4n) is 4.22. The van der Waals surface area contributed by atoms with Crippen molar-refractivity contribution in [2.45, 2.75) is 0 Å². The molecule has 1 aromatic carbocycles. The van der Waals surface area contributed by atoms with Gasteiger partial charge in [0.2, 0.25) is 0 Å². The summed E-state index contributed by atoms with van der Waals surface area (Å²) < 4.78 is 8.42. The van der Waals surface area contributed by atoms with E-state index in [1.165, 1.54) is 0 Å². The van der Waals surface area contributed by atoms with Gasteiger partial charge in [0.15, 0.2) is 5.65 Å². The zero-order chi connectivity index (χ0) is 22.8. The maximum Gasteiger partial charge on any atom is 0.252 e. The second kappa shape index (κ2) is 9.46. The molecule has 1 fully saturated rings. The van der Waals surface area contributed by atoms with Crippen LogP contribution in [0.4, 0.5) is 0 Å². The third kappa shape index (κ3) is 4.57. The SMILES string of the molecule is Cn1cc(/C(=C\c2[nH]nc3ncccc23)C(=O)NCCN2CCOCC2)c2cc(Br)ccc21. The average molecular weight is 509 g/mol. The number of hydrogen-bond donors (Lipinski definition) is 2. The fourth-order valence-corrected chi connectivity index (χ4v) is 4.58. The number of nitrogens with one attached hydrogen (secondary N) is 2. The lowest BCUT2D eigenvalue weighted by molar-refractivity contribution is -0.115. The molecule has 8 nitrogen and oxygen atoms in total. The van der Waals surface area contributed by atoms with E-state index in [0.717, 1.165) is 64.9 Å². The van der Waals surface area contributed by atoms with Crippen LogP contribution in [0.5, 0.6) is 0 Å². The number of ether oxygens (including phenoxy) is 1. The highest BCUT2D eigenvalue weighted by Crippen LogP contribution is 2.31. The molecule has 0 radical (unpaired) electrons. The molecule has 0 saturated carbocycles. The highest BCUT2D eigenvalue weighted by atomic mass is 79.9. The van der Waals surface area contributed by atoms with E-state index >= 15 is 0 Å². The minimum Gasteiger partial charge on any atom is -0.379 e. The smallest absolute Gasteiger partial charge is 0.252 e. The number of aromatic nitrogens is 4. The van der Waals surface area contributed by atoms with Gasteiger partial charge >= 0.3 is 0 Å². The topological polar surface area (TPSA) is 88.1 Å². The minimum atomic E-state index is -0.123. The molecular weight excluding hydrogens is 484 g/mol. The van der Waals surface area contributed by atoms with Gasteiger partial charge in [0.25, 0.3) is 5.91 Å². The summed E-state index contributed by atoms with van der Waals surface area (Å²) in [6.45, 7) is 4.62. The van der Waals surface area contributed by atoms with E-state index in [1.807, 2.05) is 54.2 Å². The Bertz CT molecular complexity index is 1340. The Morgan fingerprint density at radius 2 is 2.12 bits per heavy atom. The Morgan fingerprint density at radius 3 is 2.97 bits per heavy atom. The summed E-state index contributed by atoms with van der Waals surface area (Å²) >= 11 is 3.57. The first kappa shape index (κ1) is 21.8. The predicted octanol–water partition coefficient (Wildman–Crippen LogP) is 3.20. The van der Waals surface area contributed by atoms with Crippen LogP contribution in [0.3, 0.4) is 0 Å². The van der Waals surface area contributed by atoms with E-state index in [1.54, 1.807) is 6.20 Å². The Hall–Kier alpha value is -3.01. The van der Waals surface area contributed by atoms with Crippen LogP contribution in [-0.2, 0) is 16.6 Å². The molecule has 1 amide bonds. The average Bonchev–Trinajstić information content (AvgIpc) is 3.38. The van der Waals surface area contributed by atoms with Gasteiger partial charge in [-0.05, 0) is 36.4 Å². The number of amides is 1. The standard InChI is InChI=1S/C24H25BrN6O2/c1-30-15-20(18-13-16(25)4-5-22(18)30)19(14-21-17-3-2-6-26-23(17)29-28-21)24(32)27-7-8-31-9-11-33-12-10-31/h2-6,13-15H,7-12H2,1H3,(H,27,32)(H,26,28,29)/b19-14+. The zero-order valence-electron chi connectivity index (χ0n) is 18.3. The third-order valence-electron chi connectivity index (χ3n) is 5.95. The molecule has 2 N–H and O–H groups in total. The Kier molecular flexibility index (Phi) is 6.26. The molecule has 0 spiro atoms. The Morgan fingerprint density at radius 1 is 1.27 bits per heavy atom. The monoisotopic (exact) mass is 508 g/mol. The molecule has 3 aromatic heterocycles. The largest absolute Gasteiger partial charge is 0.379 e. The number of rotatable bonds is 6. The number of carbonyl (C=O) groups excluding carboxylic acids is 1. The summed E-state index contributed by atoms with van der Waals surface area (Å²) in [5.41, 5.74) is 3.87. The summed E-state index contributed by atoms with van der Waals surface area (Å²) in [6, 6.07) is 9.92. The first-order chi connectivity index (χ1) is 16.1. The van der Waals surface area contributed by atoms with E-state index in [9.17, 15) is 4.79 Å². The van der Waals surface area contributed by atoms with Crippen LogP contribution in [0.1, 0.15) is 11.3 Å². The maximum absolute atomic E-state index is 13.5. The van der Waals surface area contributed by atoms with E-state index in [0.29, 0.717) is 17.8 Å². The minimum absolute atomic E-state index is 0.123. The molecule has 1 aliphatic heterocycles. The number of morpholine rings is 1. The van der Waals surface area contributed by atoms with Crippen molar-refractivity contribution in [2.24, 2.45) is 7.05 Å². The van der Waals surface area contributed by atoms with Gasteiger partial charge < -0.3 is 14.6 Å². The molecule has 170 valence electrons. The molecule has 0 unspecified atom stereocenters. The van der Waals surface area contributed by atoms with Crippen LogP contribution in [0.25, 0.3) is 33.6 Å². The number of nitrogens with zero attached hydrogens (tertiary/aromatic N) is 4. The molecule has 4 aromatic rings. The summed E-state index contributed by atoms with van der Waals surface area (Å²) in [6.07, 6.45) is 5.58. The van der Waals surface area contributed by atoms with Crippen LogP contribution in [-0.4, -0.2) is 69.9 Å². The molecule has 0 aliphatic carbocycles. The third-order valence-corrected chi connectivity index (χ3v) is 6.44. The van der Waals surface area contributed by atoms with Crippen LogP contribution in [0.2, 0.25) is 0 Å². The normalized spacial score (nSPS) is 15.4. The summed E-state index contributed by atoms with van der Waals surface area (Å²) in [5.74, 6) is -0.123. The molecular formula is C24H25BrN6O2. The first-order valence-corrected chi connectivity index (χ1v) is 11.7. The number of hydrogen-bond acceptors (Lipinski definition) is 5. The Balaban J connectivity index is 1.51. The van der Waals surface area contributed by atoms with Gasteiger partial charge in [-0.15, -0.1) is 0 Å². The number of H-pyrrole nitrogens is 1. The number of carbonyl (C=O) groups is 1. The molecule has 0 bridgehead atoms. The van der Waals surface area contributed by atoms with Crippen molar-refractivity contribution in [3.8, 4) is 0 Å². The molecule has 1 aliphatic rings. The second-order valence-corrected chi connectivity index (χ2v) is 9.01. The first-order valence-electron chi connectivity index (χ1n) is 10.9. The number of benzene rings is 1. The van der Waals surface area contributed by atoms with Crippen molar-refractivity contribution >= 4 is 55.4 Å². The van der Waals surface area contributed by atoms with Crippen molar-refractivity contribution < 1.29 is 9.53 Å². The van der Waals surface area contributed by atoms with E-state index < -0.39 is 0 Å². The highest BCUT2D eigenvalue weighted by molar-refractivity contribution is 9.10. The van der Waals surface area contributed by atoms with Gasteiger partial charge in [0.05, 0.1) is 24.5 Å². The summed E-state index contributed by atoms with van der Waals surface area (Å²) in [4.78, 5) is 20.1. The van der Waals surface area contributed by atoms with E-state index in [4.69, 9.17) is 4.74 Å². The maximum atomic E-state index is 13.5. The van der Waals surface area contributed by atoms with Gasteiger partial charge in [-0.3, -0.25) is 14.8 Å². The molecule has 9 heteroatoms. The van der Waals surface area contributed by atoms with Crippen LogP contribution >= 0.6 is 15.9 Å². The predicted molar refractivity (Wildman–Crippen MR) is 133 cm³/mol. The van der Waals surface area contributed by atoms with Gasteiger partial charge in [0.1, 0.15) is 0 Å². The van der Waals surface area contributed by atoms with Crippen molar-refractivity contribution in [3.63, 3.8) is 0 Å². The lowest BCUT2D eigenvalue weighted by Gasteiger charge is -2.26. The Labute approximate surface area is 199 Å². The molecule has 5 rings (SSSR count). The highest BCUT2D eigenvalue weighted by Gasteiger charge is 2.19. The lowest BCUT2D eigenvalue weighted by atomic mass is 10.0. The molecule has 1 saturated heterocycles. The van der Waals surface area contributed by atoms with Crippen LogP contribution in [0.15, 0.2) is 47.2 Å². The van der Waals surface area contributed by atoms with Crippen LogP contribution < -0.4 is 5.32 Å². The van der Waals surface area contributed by atoms with Crippen molar-refractivity contribution in [1.82, 2.24) is 30.0 Å². The number of halogens is 1. The van der Waals surface area contributed by atoms with Gasteiger partial charge in [-0.25, -0.2) is 4.98 Å². The fraction of sp³-hybridized carbons (Fsp3) is 0.292. The number of aryl methyl sites for hydroxylation is 1. The van der Waals surface area contributed by atoms with Crippen molar-refractivity contribution in [3.05, 3.63) is 58.5 Å². The summed E-state index contributed by atoms with van der Waals surface area (Å²) in [7, 11) is 1.99. The quantitative estimate of drug-likeness (QED) is 0.390. The molecule has 33 heavy (non-hydrogen) atoms. The number of aromatic amines is 1. The molecule has 0 atom stereocenters. The second-order valence-electron chi connectivity index (χ2n) is 8.09. The van der Waals surface area contributed by atoms with E-state index in [-0.39, 0.29) is 5.91 Å². The van der Waals surface area contributed by atoms with Gasteiger partial charge in [-0.1, -0.05) is 15.9 Å². The number of fused-ring (bicyclic) bond motifs is 2. The summed E-state index contributed by atoms with van der Waals surface area (Å²) in [5, 5.41) is 12.3. The van der Waals surface area contributed by atoms with Crippen molar-refractivity contribution in [1.29, 1.82) is 0 Å². The van der Waals surface area contributed by atoms with Crippen molar-refractivity contribution in [2.75, 3.05) is 39.4 Å². The molecule has 4 heterocycles. The van der Waals surface area contributed by atoms with Gasteiger partial charge in [-0.2, -0.15) is 5.10 Å². The van der Waals surface area contributed by atoms with Gasteiger partial charge in [0, 0.05) is 71.9 Å². The van der Waals surface area contributed by atoms with Crippen LogP contribution in [0, 0.1) is 0 Å².